The highest BCUT2D eigenvalue weighted by Gasteiger charge is 2.18. The van der Waals surface area contributed by atoms with Gasteiger partial charge in [0.25, 0.3) is 0 Å². The van der Waals surface area contributed by atoms with Crippen LogP contribution >= 0.6 is 0 Å². The van der Waals surface area contributed by atoms with Gasteiger partial charge in [0.05, 0.1) is 19.2 Å². The van der Waals surface area contributed by atoms with E-state index in [2.05, 4.69) is 53.6 Å². The molecule has 0 aliphatic carbocycles. The standard InChI is InChI=1S/C24H28N2O2/c1-26-18-23(17-25-26)21-14-11-20(12-15-21)13-16-22(24(27)28-2)10-6-9-19-7-4-3-5-8-19/h3-5,7-8,11-12,14-15,17-18,22H,6,9-10,13,16H2,1-2H3. The second kappa shape index (κ2) is 9.88. The van der Waals surface area contributed by atoms with Crippen molar-refractivity contribution in [2.24, 2.45) is 13.0 Å². The number of aromatic nitrogens is 2. The summed E-state index contributed by atoms with van der Waals surface area (Å²) in [6.07, 6.45) is 8.41. The van der Waals surface area contributed by atoms with Crippen LogP contribution < -0.4 is 0 Å². The van der Waals surface area contributed by atoms with Crippen molar-refractivity contribution in [1.82, 2.24) is 9.78 Å². The number of rotatable bonds is 9. The Hall–Kier alpha value is -2.88. The summed E-state index contributed by atoms with van der Waals surface area (Å²) >= 11 is 0. The zero-order chi connectivity index (χ0) is 19.8. The lowest BCUT2D eigenvalue weighted by Gasteiger charge is -2.15. The highest BCUT2D eigenvalue weighted by atomic mass is 16.5. The molecule has 0 aliphatic rings. The van der Waals surface area contributed by atoms with Crippen molar-refractivity contribution in [2.45, 2.75) is 32.1 Å². The van der Waals surface area contributed by atoms with Gasteiger partial charge in [-0.2, -0.15) is 5.10 Å². The number of benzene rings is 2. The number of aryl methyl sites for hydroxylation is 3. The second-order valence-corrected chi connectivity index (χ2v) is 7.24. The average Bonchev–Trinajstić information content (AvgIpc) is 3.17. The molecule has 146 valence electrons. The van der Waals surface area contributed by atoms with E-state index in [0.717, 1.165) is 43.2 Å². The summed E-state index contributed by atoms with van der Waals surface area (Å²) in [5.74, 6) is -0.147. The van der Waals surface area contributed by atoms with E-state index in [-0.39, 0.29) is 11.9 Å². The maximum atomic E-state index is 12.2. The number of methoxy groups -OCH3 is 1. The summed E-state index contributed by atoms with van der Waals surface area (Å²) in [4.78, 5) is 12.2. The number of nitrogens with zero attached hydrogens (tertiary/aromatic N) is 2. The molecule has 0 bridgehead atoms. The first-order valence-corrected chi connectivity index (χ1v) is 9.85. The maximum Gasteiger partial charge on any atom is 0.308 e. The Balaban J connectivity index is 1.53. The van der Waals surface area contributed by atoms with Crippen LogP contribution in [0, 0.1) is 5.92 Å². The molecule has 0 fully saturated rings. The molecule has 28 heavy (non-hydrogen) atoms. The first kappa shape index (κ1) is 19.9. The van der Waals surface area contributed by atoms with Crippen LogP contribution in [0.1, 0.15) is 30.4 Å². The largest absolute Gasteiger partial charge is 0.469 e. The van der Waals surface area contributed by atoms with Gasteiger partial charge in [-0.1, -0.05) is 54.6 Å². The van der Waals surface area contributed by atoms with E-state index >= 15 is 0 Å². The van der Waals surface area contributed by atoms with E-state index in [1.807, 2.05) is 25.5 Å². The predicted octanol–water partition coefficient (Wildman–Crippen LogP) is 4.83. The van der Waals surface area contributed by atoms with Crippen molar-refractivity contribution in [3.8, 4) is 11.1 Å². The molecule has 3 rings (SSSR count). The summed E-state index contributed by atoms with van der Waals surface area (Å²) in [5.41, 5.74) is 4.83. The van der Waals surface area contributed by atoms with Crippen LogP contribution in [0.3, 0.4) is 0 Å². The number of carbonyl (C=O) groups excluding carboxylic acids is 1. The lowest BCUT2D eigenvalue weighted by atomic mass is 9.93. The number of carbonyl (C=O) groups is 1. The van der Waals surface area contributed by atoms with Crippen LogP contribution in [-0.2, 0) is 29.4 Å². The molecule has 0 saturated carbocycles. The molecule has 1 atom stereocenters. The molecule has 0 N–H and O–H groups in total. The van der Waals surface area contributed by atoms with Crippen LogP contribution in [-0.4, -0.2) is 22.9 Å². The number of hydrogen-bond donors (Lipinski definition) is 0. The number of ether oxygens (including phenoxy) is 1. The molecule has 1 unspecified atom stereocenters. The molecule has 3 aromatic rings. The van der Waals surface area contributed by atoms with Crippen LogP contribution in [0.5, 0.6) is 0 Å². The third kappa shape index (κ3) is 5.56. The first-order valence-electron chi connectivity index (χ1n) is 9.85. The molecular weight excluding hydrogens is 348 g/mol. The van der Waals surface area contributed by atoms with Crippen molar-refractivity contribution in [3.63, 3.8) is 0 Å². The highest BCUT2D eigenvalue weighted by Crippen LogP contribution is 2.22. The third-order valence-corrected chi connectivity index (χ3v) is 5.17. The number of hydrogen-bond acceptors (Lipinski definition) is 3. The minimum Gasteiger partial charge on any atom is -0.469 e. The van der Waals surface area contributed by atoms with Gasteiger partial charge in [0.1, 0.15) is 0 Å². The van der Waals surface area contributed by atoms with Crippen molar-refractivity contribution >= 4 is 5.97 Å². The minimum absolute atomic E-state index is 0.0493. The fourth-order valence-electron chi connectivity index (χ4n) is 3.52. The Labute approximate surface area is 167 Å². The summed E-state index contributed by atoms with van der Waals surface area (Å²) < 4.78 is 6.84. The Morgan fingerprint density at radius 3 is 2.32 bits per heavy atom. The molecule has 0 spiro atoms. The third-order valence-electron chi connectivity index (χ3n) is 5.17. The van der Waals surface area contributed by atoms with E-state index < -0.39 is 0 Å². The molecule has 0 aliphatic heterocycles. The van der Waals surface area contributed by atoms with Crippen molar-refractivity contribution < 1.29 is 9.53 Å². The van der Waals surface area contributed by atoms with Crippen LogP contribution in [0.15, 0.2) is 67.0 Å². The first-order chi connectivity index (χ1) is 13.7. The molecule has 4 nitrogen and oxygen atoms in total. The Bertz CT molecular complexity index is 869. The maximum absolute atomic E-state index is 12.2. The van der Waals surface area contributed by atoms with Crippen molar-refractivity contribution in [3.05, 3.63) is 78.1 Å². The molecule has 1 aromatic heterocycles. The fourth-order valence-corrected chi connectivity index (χ4v) is 3.52. The average molecular weight is 377 g/mol. The lowest BCUT2D eigenvalue weighted by Crippen LogP contribution is -2.17. The van der Waals surface area contributed by atoms with Gasteiger partial charge in [-0.05, 0) is 48.8 Å². The van der Waals surface area contributed by atoms with Crippen LogP contribution in [0.25, 0.3) is 11.1 Å². The van der Waals surface area contributed by atoms with Gasteiger partial charge in [-0.3, -0.25) is 9.48 Å². The monoisotopic (exact) mass is 376 g/mol. The Morgan fingerprint density at radius 2 is 1.68 bits per heavy atom. The highest BCUT2D eigenvalue weighted by molar-refractivity contribution is 5.72. The molecule has 0 amide bonds. The molecule has 0 saturated heterocycles. The zero-order valence-electron chi connectivity index (χ0n) is 16.7. The van der Waals surface area contributed by atoms with Gasteiger partial charge in [0.15, 0.2) is 0 Å². The van der Waals surface area contributed by atoms with Gasteiger partial charge in [-0.15, -0.1) is 0 Å². The van der Waals surface area contributed by atoms with Gasteiger partial charge < -0.3 is 4.74 Å². The predicted molar refractivity (Wildman–Crippen MR) is 112 cm³/mol. The van der Waals surface area contributed by atoms with Gasteiger partial charge in [-0.25, -0.2) is 0 Å². The summed E-state index contributed by atoms with van der Waals surface area (Å²) in [6.45, 7) is 0. The fraction of sp³-hybridized carbons (Fsp3) is 0.333. The van der Waals surface area contributed by atoms with Gasteiger partial charge in [0, 0.05) is 18.8 Å². The summed E-state index contributed by atoms with van der Waals surface area (Å²) in [5, 5.41) is 4.22. The molecular formula is C24H28N2O2. The second-order valence-electron chi connectivity index (χ2n) is 7.24. The van der Waals surface area contributed by atoms with E-state index in [4.69, 9.17) is 4.74 Å². The molecule has 1 heterocycles. The van der Waals surface area contributed by atoms with Crippen LogP contribution in [0.2, 0.25) is 0 Å². The Morgan fingerprint density at radius 1 is 0.964 bits per heavy atom. The van der Waals surface area contributed by atoms with E-state index in [1.165, 1.54) is 18.2 Å². The van der Waals surface area contributed by atoms with Gasteiger partial charge >= 0.3 is 5.97 Å². The van der Waals surface area contributed by atoms with Crippen molar-refractivity contribution in [2.75, 3.05) is 7.11 Å². The van der Waals surface area contributed by atoms with Crippen LogP contribution in [0.4, 0.5) is 0 Å². The molecule has 0 radical (unpaired) electrons. The zero-order valence-corrected chi connectivity index (χ0v) is 16.7. The topological polar surface area (TPSA) is 44.1 Å². The summed E-state index contributed by atoms with van der Waals surface area (Å²) in [6, 6.07) is 18.9. The minimum atomic E-state index is -0.0972. The summed E-state index contributed by atoms with van der Waals surface area (Å²) in [7, 11) is 3.40. The smallest absolute Gasteiger partial charge is 0.308 e. The Kier molecular flexibility index (Phi) is 7.01. The number of esters is 1. The van der Waals surface area contributed by atoms with E-state index in [9.17, 15) is 4.79 Å². The van der Waals surface area contributed by atoms with Crippen molar-refractivity contribution in [1.29, 1.82) is 0 Å². The molecule has 2 aromatic carbocycles. The van der Waals surface area contributed by atoms with Gasteiger partial charge in [0.2, 0.25) is 0 Å². The normalized spacial score (nSPS) is 11.9. The lowest BCUT2D eigenvalue weighted by molar-refractivity contribution is -0.145. The van der Waals surface area contributed by atoms with E-state index in [0.29, 0.717) is 0 Å². The van der Waals surface area contributed by atoms with E-state index in [1.54, 1.807) is 4.68 Å². The SMILES string of the molecule is COC(=O)C(CCCc1ccccc1)CCc1ccc(-c2cnn(C)c2)cc1. The quantitative estimate of drug-likeness (QED) is 0.502. The molecule has 4 heteroatoms.